The standard InChI is InChI=1S/C18H13N3O/c22-17-10-8-16(9-11-17)21-18-15(12-19-13-20-18)7-6-14-4-2-1-3-5-14/h1-5,8-13,22H,(H,19,20,21). The molecule has 0 atom stereocenters. The van der Waals surface area contributed by atoms with Gasteiger partial charge in [0.05, 0.1) is 5.56 Å². The van der Waals surface area contributed by atoms with Crippen LogP contribution in [0.5, 0.6) is 5.75 Å². The van der Waals surface area contributed by atoms with E-state index in [1.165, 1.54) is 6.33 Å². The number of benzene rings is 2. The molecule has 0 aliphatic rings. The van der Waals surface area contributed by atoms with Gasteiger partial charge in [0.1, 0.15) is 17.9 Å². The van der Waals surface area contributed by atoms with Crippen LogP contribution in [-0.2, 0) is 0 Å². The van der Waals surface area contributed by atoms with Crippen molar-refractivity contribution in [1.29, 1.82) is 0 Å². The number of hydrogen-bond acceptors (Lipinski definition) is 4. The summed E-state index contributed by atoms with van der Waals surface area (Å²) in [4.78, 5) is 8.24. The normalized spacial score (nSPS) is 9.64. The van der Waals surface area contributed by atoms with E-state index in [0.29, 0.717) is 11.4 Å². The highest BCUT2D eigenvalue weighted by Crippen LogP contribution is 2.19. The quantitative estimate of drug-likeness (QED) is 0.561. The highest BCUT2D eigenvalue weighted by Gasteiger charge is 2.02. The van der Waals surface area contributed by atoms with E-state index in [-0.39, 0.29) is 5.75 Å². The summed E-state index contributed by atoms with van der Waals surface area (Å²) in [6.07, 6.45) is 3.14. The summed E-state index contributed by atoms with van der Waals surface area (Å²) < 4.78 is 0. The number of anilines is 2. The average molecular weight is 287 g/mol. The first-order valence-corrected chi connectivity index (χ1v) is 6.74. The van der Waals surface area contributed by atoms with Gasteiger partial charge in [0.25, 0.3) is 0 Å². The summed E-state index contributed by atoms with van der Waals surface area (Å²) in [5.74, 6) is 7.01. The zero-order valence-electron chi connectivity index (χ0n) is 11.7. The first-order valence-electron chi connectivity index (χ1n) is 6.74. The van der Waals surface area contributed by atoms with Gasteiger partial charge in [0.15, 0.2) is 0 Å². The summed E-state index contributed by atoms with van der Waals surface area (Å²) >= 11 is 0. The molecule has 0 saturated carbocycles. The molecule has 0 unspecified atom stereocenters. The average Bonchev–Trinajstić information content (AvgIpc) is 2.57. The van der Waals surface area contributed by atoms with Gasteiger partial charge in [-0.15, -0.1) is 0 Å². The second-order valence-electron chi connectivity index (χ2n) is 4.57. The number of aromatic nitrogens is 2. The fraction of sp³-hybridized carbons (Fsp3) is 0. The second-order valence-corrected chi connectivity index (χ2v) is 4.57. The number of rotatable bonds is 2. The van der Waals surface area contributed by atoms with Crippen LogP contribution in [0.1, 0.15) is 11.1 Å². The third-order valence-corrected chi connectivity index (χ3v) is 2.96. The monoisotopic (exact) mass is 287 g/mol. The van der Waals surface area contributed by atoms with Gasteiger partial charge in [0.2, 0.25) is 0 Å². The van der Waals surface area contributed by atoms with Crippen molar-refractivity contribution in [2.24, 2.45) is 0 Å². The van der Waals surface area contributed by atoms with E-state index in [0.717, 1.165) is 11.3 Å². The maximum absolute atomic E-state index is 9.31. The largest absolute Gasteiger partial charge is 0.508 e. The Bertz CT molecular complexity index is 818. The van der Waals surface area contributed by atoms with E-state index in [9.17, 15) is 5.11 Å². The lowest BCUT2D eigenvalue weighted by atomic mass is 10.2. The molecular weight excluding hydrogens is 274 g/mol. The van der Waals surface area contributed by atoms with Crippen LogP contribution >= 0.6 is 0 Å². The molecule has 2 aromatic carbocycles. The fourth-order valence-electron chi connectivity index (χ4n) is 1.86. The lowest BCUT2D eigenvalue weighted by Crippen LogP contribution is -1.97. The number of nitrogens with one attached hydrogen (secondary N) is 1. The van der Waals surface area contributed by atoms with E-state index >= 15 is 0 Å². The van der Waals surface area contributed by atoms with Gasteiger partial charge in [-0.05, 0) is 36.4 Å². The number of nitrogens with zero attached hydrogens (tertiary/aromatic N) is 2. The van der Waals surface area contributed by atoms with Crippen molar-refractivity contribution in [3.63, 3.8) is 0 Å². The van der Waals surface area contributed by atoms with Crippen molar-refractivity contribution in [1.82, 2.24) is 9.97 Å². The molecule has 0 aliphatic carbocycles. The lowest BCUT2D eigenvalue weighted by molar-refractivity contribution is 0.475. The third kappa shape index (κ3) is 3.41. The first kappa shape index (κ1) is 13.7. The molecule has 4 nitrogen and oxygen atoms in total. The Morgan fingerprint density at radius 1 is 0.909 bits per heavy atom. The third-order valence-electron chi connectivity index (χ3n) is 2.96. The SMILES string of the molecule is Oc1ccc(Nc2ncncc2C#Cc2ccccc2)cc1. The number of phenolic OH excluding ortho intramolecular Hbond substituents is 1. The summed E-state index contributed by atoms with van der Waals surface area (Å²) in [7, 11) is 0. The van der Waals surface area contributed by atoms with E-state index in [1.807, 2.05) is 30.3 Å². The molecule has 0 saturated heterocycles. The molecule has 3 aromatic rings. The Hall–Kier alpha value is -3.32. The maximum Gasteiger partial charge on any atom is 0.149 e. The van der Waals surface area contributed by atoms with Crippen LogP contribution < -0.4 is 5.32 Å². The minimum Gasteiger partial charge on any atom is -0.508 e. The van der Waals surface area contributed by atoms with Gasteiger partial charge >= 0.3 is 0 Å². The molecule has 0 fully saturated rings. The van der Waals surface area contributed by atoms with Crippen molar-refractivity contribution in [2.45, 2.75) is 0 Å². The number of hydrogen-bond donors (Lipinski definition) is 2. The molecule has 1 aromatic heterocycles. The van der Waals surface area contributed by atoms with Crippen LogP contribution in [-0.4, -0.2) is 15.1 Å². The van der Waals surface area contributed by atoms with Gasteiger partial charge in [-0.1, -0.05) is 30.0 Å². The predicted octanol–water partition coefficient (Wildman–Crippen LogP) is 3.33. The maximum atomic E-state index is 9.31. The zero-order valence-corrected chi connectivity index (χ0v) is 11.7. The van der Waals surface area contributed by atoms with Crippen molar-refractivity contribution in [3.05, 3.63) is 78.2 Å². The topological polar surface area (TPSA) is 58.0 Å². The Kier molecular flexibility index (Phi) is 3.98. The van der Waals surface area contributed by atoms with Gasteiger partial charge in [0, 0.05) is 17.4 Å². The Morgan fingerprint density at radius 3 is 2.45 bits per heavy atom. The zero-order chi connectivity index (χ0) is 15.2. The molecule has 22 heavy (non-hydrogen) atoms. The van der Waals surface area contributed by atoms with E-state index in [1.54, 1.807) is 30.5 Å². The van der Waals surface area contributed by atoms with Crippen molar-refractivity contribution in [3.8, 4) is 17.6 Å². The molecule has 0 bridgehead atoms. The highest BCUT2D eigenvalue weighted by atomic mass is 16.3. The van der Waals surface area contributed by atoms with Crippen LogP contribution in [0.4, 0.5) is 11.5 Å². The highest BCUT2D eigenvalue weighted by molar-refractivity contribution is 5.63. The van der Waals surface area contributed by atoms with Crippen LogP contribution in [0.2, 0.25) is 0 Å². The van der Waals surface area contributed by atoms with Gasteiger partial charge < -0.3 is 10.4 Å². The van der Waals surface area contributed by atoms with Crippen LogP contribution in [0.15, 0.2) is 67.1 Å². The van der Waals surface area contributed by atoms with Crippen LogP contribution in [0.25, 0.3) is 0 Å². The molecule has 106 valence electrons. The van der Waals surface area contributed by atoms with Crippen molar-refractivity contribution in [2.75, 3.05) is 5.32 Å². The summed E-state index contributed by atoms with van der Waals surface area (Å²) in [6.45, 7) is 0. The Morgan fingerprint density at radius 2 is 1.68 bits per heavy atom. The Labute approximate surface area is 128 Å². The molecule has 0 radical (unpaired) electrons. The number of aromatic hydroxyl groups is 1. The molecule has 0 amide bonds. The van der Waals surface area contributed by atoms with E-state index in [4.69, 9.17) is 0 Å². The molecule has 0 aliphatic heterocycles. The van der Waals surface area contributed by atoms with Gasteiger partial charge in [-0.3, -0.25) is 0 Å². The summed E-state index contributed by atoms with van der Waals surface area (Å²) in [5, 5.41) is 12.5. The lowest BCUT2D eigenvalue weighted by Gasteiger charge is -2.06. The van der Waals surface area contributed by atoms with E-state index in [2.05, 4.69) is 27.1 Å². The number of phenols is 1. The molecular formula is C18H13N3O. The predicted molar refractivity (Wildman–Crippen MR) is 85.8 cm³/mol. The molecule has 4 heteroatoms. The summed E-state index contributed by atoms with van der Waals surface area (Å²) in [6, 6.07) is 16.5. The van der Waals surface area contributed by atoms with Gasteiger partial charge in [-0.25, -0.2) is 9.97 Å². The molecule has 0 spiro atoms. The molecule has 3 rings (SSSR count). The Balaban J connectivity index is 1.87. The first-order chi connectivity index (χ1) is 10.8. The second kappa shape index (κ2) is 6.42. The van der Waals surface area contributed by atoms with Gasteiger partial charge in [-0.2, -0.15) is 0 Å². The van der Waals surface area contributed by atoms with Crippen molar-refractivity contribution < 1.29 is 5.11 Å². The molecule has 1 heterocycles. The minimum atomic E-state index is 0.220. The van der Waals surface area contributed by atoms with Crippen LogP contribution in [0.3, 0.4) is 0 Å². The summed E-state index contributed by atoms with van der Waals surface area (Å²) in [5.41, 5.74) is 2.46. The fourth-order valence-corrected chi connectivity index (χ4v) is 1.86. The van der Waals surface area contributed by atoms with Crippen LogP contribution in [0, 0.1) is 11.8 Å². The van der Waals surface area contributed by atoms with Crippen molar-refractivity contribution >= 4 is 11.5 Å². The smallest absolute Gasteiger partial charge is 0.149 e. The minimum absolute atomic E-state index is 0.220. The molecule has 2 N–H and O–H groups in total. The van der Waals surface area contributed by atoms with E-state index < -0.39 is 0 Å².